The van der Waals surface area contributed by atoms with E-state index < -0.39 is 0 Å². The van der Waals surface area contributed by atoms with Crippen molar-refractivity contribution in [1.29, 1.82) is 0 Å². The molecule has 1 unspecified atom stereocenters. The quantitative estimate of drug-likeness (QED) is 0.804. The zero-order valence-electron chi connectivity index (χ0n) is 11.3. The maximum Gasteiger partial charge on any atom is 0.276 e. The van der Waals surface area contributed by atoms with Crippen molar-refractivity contribution in [3.63, 3.8) is 0 Å². The summed E-state index contributed by atoms with van der Waals surface area (Å²) in [6.07, 6.45) is 6.90. The molecule has 1 aromatic heterocycles. The summed E-state index contributed by atoms with van der Waals surface area (Å²) in [5, 5.41) is 12.2. The number of rotatable bonds is 6. The molecule has 1 aromatic rings. The Morgan fingerprint density at radius 2 is 2.11 bits per heavy atom. The Morgan fingerprint density at radius 1 is 1.33 bits per heavy atom. The highest BCUT2D eigenvalue weighted by Crippen LogP contribution is 2.29. The Bertz CT molecular complexity index is 350. The fourth-order valence-electron chi connectivity index (χ4n) is 2.66. The van der Waals surface area contributed by atoms with Gasteiger partial charge in [0.1, 0.15) is 0 Å². The highest BCUT2D eigenvalue weighted by molar-refractivity contribution is 7.99. The summed E-state index contributed by atoms with van der Waals surface area (Å²) in [5.41, 5.74) is 0. The van der Waals surface area contributed by atoms with Crippen LogP contribution in [-0.4, -0.2) is 28.5 Å². The predicted molar refractivity (Wildman–Crippen MR) is 73.8 cm³/mol. The molecular formula is C13H23N3OS. The fourth-order valence-corrected chi connectivity index (χ4v) is 3.65. The Balaban J connectivity index is 1.85. The largest absolute Gasteiger partial charge is 0.416 e. The van der Waals surface area contributed by atoms with E-state index in [-0.39, 0.29) is 0 Å². The summed E-state index contributed by atoms with van der Waals surface area (Å²) in [4.78, 5) is 0. The summed E-state index contributed by atoms with van der Waals surface area (Å²) in [7, 11) is 0. The van der Waals surface area contributed by atoms with Crippen LogP contribution in [0.25, 0.3) is 0 Å². The number of nitrogens with zero attached hydrogens (tertiary/aromatic N) is 2. The van der Waals surface area contributed by atoms with Gasteiger partial charge in [-0.05, 0) is 25.3 Å². The molecule has 5 heteroatoms. The van der Waals surface area contributed by atoms with E-state index in [4.69, 9.17) is 4.42 Å². The predicted octanol–water partition coefficient (Wildman–Crippen LogP) is 3.03. The number of aromatic nitrogens is 2. The lowest BCUT2D eigenvalue weighted by Gasteiger charge is -2.30. The number of aryl methyl sites for hydroxylation is 1. The molecule has 0 amide bonds. The molecule has 18 heavy (non-hydrogen) atoms. The van der Waals surface area contributed by atoms with Crippen molar-refractivity contribution in [1.82, 2.24) is 15.5 Å². The minimum Gasteiger partial charge on any atom is -0.416 e. The lowest BCUT2D eigenvalue weighted by atomic mass is 9.84. The van der Waals surface area contributed by atoms with Gasteiger partial charge in [-0.25, -0.2) is 0 Å². The number of nitrogens with one attached hydrogen (secondary N) is 1. The van der Waals surface area contributed by atoms with Gasteiger partial charge in [0.05, 0.1) is 0 Å². The molecule has 1 aliphatic carbocycles. The van der Waals surface area contributed by atoms with Crippen LogP contribution < -0.4 is 5.32 Å². The molecule has 0 spiro atoms. The second-order valence-electron chi connectivity index (χ2n) is 4.96. The second kappa shape index (κ2) is 7.14. The van der Waals surface area contributed by atoms with Gasteiger partial charge >= 0.3 is 0 Å². The van der Waals surface area contributed by atoms with Gasteiger partial charge in [-0.1, -0.05) is 37.9 Å². The molecule has 1 saturated carbocycles. The van der Waals surface area contributed by atoms with E-state index in [2.05, 4.69) is 22.4 Å². The normalized spacial score (nSPS) is 19.0. The average molecular weight is 269 g/mol. The van der Waals surface area contributed by atoms with Gasteiger partial charge < -0.3 is 9.73 Å². The van der Waals surface area contributed by atoms with Crippen molar-refractivity contribution >= 4 is 11.8 Å². The zero-order valence-corrected chi connectivity index (χ0v) is 12.1. The van der Waals surface area contributed by atoms with Crippen molar-refractivity contribution < 1.29 is 4.42 Å². The first-order valence-electron chi connectivity index (χ1n) is 6.96. The smallest absolute Gasteiger partial charge is 0.276 e. The van der Waals surface area contributed by atoms with E-state index in [1.807, 2.05) is 6.92 Å². The van der Waals surface area contributed by atoms with E-state index in [0.717, 1.165) is 18.2 Å². The summed E-state index contributed by atoms with van der Waals surface area (Å²) in [6, 6.07) is 0.576. The molecule has 0 aliphatic heterocycles. The van der Waals surface area contributed by atoms with Crippen molar-refractivity contribution in [2.24, 2.45) is 5.92 Å². The number of hydrogen-bond acceptors (Lipinski definition) is 5. The Morgan fingerprint density at radius 3 is 2.72 bits per heavy atom. The molecule has 1 fully saturated rings. The maximum absolute atomic E-state index is 5.41. The first kappa shape index (κ1) is 13.9. The molecule has 0 bridgehead atoms. The molecule has 1 heterocycles. The van der Waals surface area contributed by atoms with E-state index in [1.165, 1.54) is 32.1 Å². The maximum atomic E-state index is 5.41. The monoisotopic (exact) mass is 269 g/mol. The summed E-state index contributed by atoms with van der Waals surface area (Å²) >= 11 is 1.68. The van der Waals surface area contributed by atoms with Gasteiger partial charge in [-0.2, -0.15) is 0 Å². The van der Waals surface area contributed by atoms with Crippen molar-refractivity contribution in [3.05, 3.63) is 5.89 Å². The molecule has 0 aromatic carbocycles. The summed E-state index contributed by atoms with van der Waals surface area (Å²) in [5.74, 6) is 2.49. The van der Waals surface area contributed by atoms with Crippen LogP contribution in [0.4, 0.5) is 0 Å². The third-order valence-electron chi connectivity index (χ3n) is 3.58. The molecule has 0 radical (unpaired) electrons. The fraction of sp³-hybridized carbons (Fsp3) is 0.846. The Kier molecular flexibility index (Phi) is 5.50. The third-order valence-corrected chi connectivity index (χ3v) is 4.52. The van der Waals surface area contributed by atoms with Crippen LogP contribution in [-0.2, 0) is 0 Å². The summed E-state index contributed by atoms with van der Waals surface area (Å²) < 4.78 is 5.41. The third kappa shape index (κ3) is 3.99. The van der Waals surface area contributed by atoms with E-state index in [1.54, 1.807) is 11.8 Å². The van der Waals surface area contributed by atoms with Gasteiger partial charge in [0.15, 0.2) is 0 Å². The van der Waals surface area contributed by atoms with Gasteiger partial charge in [-0.3, -0.25) is 0 Å². The van der Waals surface area contributed by atoms with Crippen molar-refractivity contribution in [2.75, 3.05) is 12.3 Å². The van der Waals surface area contributed by atoms with Crippen LogP contribution in [0.3, 0.4) is 0 Å². The highest BCUT2D eigenvalue weighted by Gasteiger charge is 2.23. The lowest BCUT2D eigenvalue weighted by molar-refractivity contribution is 0.287. The van der Waals surface area contributed by atoms with Crippen LogP contribution in [0.2, 0.25) is 0 Å². The van der Waals surface area contributed by atoms with Gasteiger partial charge in [0.2, 0.25) is 5.89 Å². The van der Waals surface area contributed by atoms with Crippen LogP contribution in [0, 0.1) is 12.8 Å². The molecular weight excluding hydrogens is 246 g/mol. The van der Waals surface area contributed by atoms with Crippen LogP contribution in [0.5, 0.6) is 0 Å². The molecule has 2 rings (SSSR count). The van der Waals surface area contributed by atoms with E-state index in [0.29, 0.717) is 17.2 Å². The average Bonchev–Trinajstić information content (AvgIpc) is 2.81. The molecule has 1 atom stereocenters. The molecule has 102 valence electrons. The Labute approximate surface area is 113 Å². The van der Waals surface area contributed by atoms with Crippen molar-refractivity contribution in [2.45, 2.75) is 57.2 Å². The summed E-state index contributed by atoms with van der Waals surface area (Å²) in [6.45, 7) is 5.04. The second-order valence-corrected chi connectivity index (χ2v) is 5.93. The van der Waals surface area contributed by atoms with Gasteiger partial charge in [0.25, 0.3) is 5.22 Å². The minimum atomic E-state index is 0.576. The number of thioether (sulfide) groups is 1. The topological polar surface area (TPSA) is 51.0 Å². The van der Waals surface area contributed by atoms with Gasteiger partial charge in [0, 0.05) is 18.7 Å². The zero-order chi connectivity index (χ0) is 12.8. The Hall–Kier alpha value is -0.550. The highest BCUT2D eigenvalue weighted by atomic mass is 32.2. The first-order chi connectivity index (χ1) is 8.79. The minimum absolute atomic E-state index is 0.576. The van der Waals surface area contributed by atoms with Gasteiger partial charge in [-0.15, -0.1) is 10.2 Å². The SMILES string of the molecule is CCNC(CSc1nnc(C)o1)C1CCCCC1. The lowest BCUT2D eigenvalue weighted by Crippen LogP contribution is -2.39. The molecule has 4 nitrogen and oxygen atoms in total. The van der Waals surface area contributed by atoms with Crippen molar-refractivity contribution in [3.8, 4) is 0 Å². The van der Waals surface area contributed by atoms with E-state index in [9.17, 15) is 0 Å². The van der Waals surface area contributed by atoms with Crippen LogP contribution in [0.1, 0.15) is 44.9 Å². The van der Waals surface area contributed by atoms with Crippen LogP contribution in [0.15, 0.2) is 9.64 Å². The molecule has 1 N–H and O–H groups in total. The first-order valence-corrected chi connectivity index (χ1v) is 7.94. The molecule has 0 saturated heterocycles. The standard InChI is InChI=1S/C13H23N3OS/c1-3-14-12(11-7-5-4-6-8-11)9-18-13-16-15-10(2)17-13/h11-12,14H,3-9H2,1-2H3. The number of hydrogen-bond donors (Lipinski definition) is 1. The molecule has 1 aliphatic rings. The van der Waals surface area contributed by atoms with E-state index >= 15 is 0 Å². The van der Waals surface area contributed by atoms with Crippen LogP contribution >= 0.6 is 11.8 Å².